The molecule has 0 aliphatic heterocycles. The molecule has 1 unspecified atom stereocenters. The van der Waals surface area contributed by atoms with Crippen LogP contribution in [0.4, 0.5) is 0 Å². The van der Waals surface area contributed by atoms with Crippen LogP contribution in [0.2, 0.25) is 0 Å². The molecule has 2 aliphatic carbocycles. The van der Waals surface area contributed by atoms with Crippen molar-refractivity contribution >= 4 is 5.97 Å². The molecule has 0 bridgehead atoms. The summed E-state index contributed by atoms with van der Waals surface area (Å²) in [5.74, 6) is -0.172. The highest BCUT2D eigenvalue weighted by atomic mass is 16.6. The molecule has 0 radical (unpaired) electrons. The lowest BCUT2D eigenvalue weighted by Gasteiger charge is -1.99. The lowest BCUT2D eigenvalue weighted by atomic mass is 10.5. The average molecular weight is 110 g/mol. The molecule has 1 fully saturated rings. The summed E-state index contributed by atoms with van der Waals surface area (Å²) in [6.45, 7) is 1.44. The first kappa shape index (κ1) is 4.13. The molecule has 8 heavy (non-hydrogen) atoms. The Balaban J connectivity index is 1.95. The van der Waals surface area contributed by atoms with Crippen LogP contribution in [0.15, 0.2) is 11.6 Å². The smallest absolute Gasteiger partial charge is 0.303 e. The molecule has 0 aromatic rings. The van der Waals surface area contributed by atoms with Crippen molar-refractivity contribution in [1.82, 2.24) is 0 Å². The predicted octanol–water partition coefficient (Wildman–Crippen LogP) is 0.632. The first-order chi connectivity index (χ1) is 3.73. The minimum atomic E-state index is -0.172. The highest BCUT2D eigenvalue weighted by Crippen LogP contribution is 2.61. The third-order valence-corrected chi connectivity index (χ3v) is 1.52. The van der Waals surface area contributed by atoms with Crippen molar-refractivity contribution in [2.24, 2.45) is 0 Å². The highest BCUT2D eigenvalue weighted by molar-refractivity contribution is 5.73. The number of hydrogen-bond donors (Lipinski definition) is 0. The molecule has 1 atom stereocenters. The Hall–Kier alpha value is -0.790. The Bertz CT molecular complexity index is 193. The molecule has 0 N–H and O–H groups in total. The van der Waals surface area contributed by atoms with Gasteiger partial charge in [-0.25, -0.2) is 0 Å². The van der Waals surface area contributed by atoms with Gasteiger partial charge in [0.05, 0.1) is 0 Å². The van der Waals surface area contributed by atoms with E-state index in [1.54, 1.807) is 0 Å². The molecule has 0 amide bonds. The van der Waals surface area contributed by atoms with E-state index in [4.69, 9.17) is 4.74 Å². The second-order valence-electron chi connectivity index (χ2n) is 2.33. The first-order valence-corrected chi connectivity index (χ1v) is 2.65. The molecule has 2 aliphatic rings. The molecule has 2 rings (SSSR count). The normalized spacial score (nSPS) is 37.4. The largest absolute Gasteiger partial charge is 0.450 e. The van der Waals surface area contributed by atoms with E-state index in [9.17, 15) is 4.79 Å². The lowest BCUT2D eigenvalue weighted by molar-refractivity contribution is -0.143. The minimum Gasteiger partial charge on any atom is -0.450 e. The summed E-state index contributed by atoms with van der Waals surface area (Å²) in [5.41, 5.74) is 1.18. The molecule has 1 saturated carbocycles. The van der Waals surface area contributed by atoms with Crippen molar-refractivity contribution in [3.8, 4) is 0 Å². The standard InChI is InChI=1S/C6H6O2/c1-4(7)8-6-2-5(6)3-6/h2H,3H2,1H3. The molecule has 2 nitrogen and oxygen atoms in total. The summed E-state index contributed by atoms with van der Waals surface area (Å²) in [6.07, 6.45) is 2.97. The fourth-order valence-corrected chi connectivity index (χ4v) is 0.843. The van der Waals surface area contributed by atoms with E-state index in [1.165, 1.54) is 12.5 Å². The van der Waals surface area contributed by atoms with Crippen LogP contribution >= 0.6 is 0 Å². The summed E-state index contributed by atoms with van der Waals surface area (Å²) in [5, 5.41) is 0. The summed E-state index contributed by atoms with van der Waals surface area (Å²) in [4.78, 5) is 10.3. The SMILES string of the molecule is CC(=O)OC12C=C1C2. The zero-order valence-corrected chi connectivity index (χ0v) is 4.60. The van der Waals surface area contributed by atoms with Gasteiger partial charge in [-0.3, -0.25) is 4.79 Å². The van der Waals surface area contributed by atoms with Crippen LogP contribution in [-0.4, -0.2) is 11.6 Å². The van der Waals surface area contributed by atoms with Crippen LogP contribution in [0, 0.1) is 0 Å². The summed E-state index contributed by atoms with van der Waals surface area (Å²) in [7, 11) is 0. The monoisotopic (exact) mass is 110 g/mol. The predicted molar refractivity (Wildman–Crippen MR) is 27.2 cm³/mol. The highest BCUT2D eigenvalue weighted by Gasteiger charge is 2.63. The molecule has 0 aromatic heterocycles. The summed E-state index contributed by atoms with van der Waals surface area (Å²) >= 11 is 0. The number of carbonyl (C=O) groups is 1. The van der Waals surface area contributed by atoms with E-state index >= 15 is 0 Å². The third-order valence-electron chi connectivity index (χ3n) is 1.52. The average Bonchev–Trinajstić information content (AvgIpc) is 2.18. The van der Waals surface area contributed by atoms with E-state index in [-0.39, 0.29) is 11.6 Å². The number of ether oxygens (including phenoxy) is 1. The van der Waals surface area contributed by atoms with Crippen LogP contribution in [-0.2, 0) is 9.53 Å². The summed E-state index contributed by atoms with van der Waals surface area (Å²) < 4.78 is 4.89. The Morgan fingerprint density at radius 2 is 2.50 bits per heavy atom. The van der Waals surface area contributed by atoms with E-state index in [1.807, 2.05) is 6.08 Å². The van der Waals surface area contributed by atoms with E-state index in [0.29, 0.717) is 0 Å². The number of esters is 1. The number of hydrogen-bond acceptors (Lipinski definition) is 2. The van der Waals surface area contributed by atoms with Crippen molar-refractivity contribution in [3.63, 3.8) is 0 Å². The lowest BCUT2D eigenvalue weighted by Crippen LogP contribution is -2.07. The summed E-state index contributed by atoms with van der Waals surface area (Å²) in [6, 6.07) is 0. The second kappa shape index (κ2) is 0.835. The molecular weight excluding hydrogens is 104 g/mol. The van der Waals surface area contributed by atoms with Crippen LogP contribution in [0.25, 0.3) is 0 Å². The Kier molecular flexibility index (Phi) is 0.430. The third kappa shape index (κ3) is 0.351. The minimum absolute atomic E-state index is 0.119. The van der Waals surface area contributed by atoms with Gasteiger partial charge >= 0.3 is 5.97 Å². The van der Waals surface area contributed by atoms with Gasteiger partial charge in [0.25, 0.3) is 0 Å². The Morgan fingerprint density at radius 3 is 2.62 bits per heavy atom. The number of fused-ring (bicyclic) bond motifs is 1. The molecular formula is C6H6O2. The van der Waals surface area contributed by atoms with Crippen molar-refractivity contribution in [2.45, 2.75) is 18.9 Å². The van der Waals surface area contributed by atoms with Gasteiger partial charge in [-0.2, -0.15) is 0 Å². The zero-order chi connectivity index (χ0) is 5.78. The van der Waals surface area contributed by atoms with Gasteiger partial charge in [0.2, 0.25) is 0 Å². The van der Waals surface area contributed by atoms with Crippen molar-refractivity contribution in [2.75, 3.05) is 0 Å². The van der Waals surface area contributed by atoms with E-state index < -0.39 is 0 Å². The van der Waals surface area contributed by atoms with Crippen LogP contribution in [0.5, 0.6) is 0 Å². The maximum Gasteiger partial charge on any atom is 0.303 e. The van der Waals surface area contributed by atoms with E-state index in [2.05, 4.69) is 0 Å². The van der Waals surface area contributed by atoms with Gasteiger partial charge in [-0.15, -0.1) is 0 Å². The van der Waals surface area contributed by atoms with Crippen molar-refractivity contribution < 1.29 is 9.53 Å². The fourth-order valence-electron chi connectivity index (χ4n) is 0.843. The van der Waals surface area contributed by atoms with Gasteiger partial charge in [-0.05, 0) is 11.6 Å². The van der Waals surface area contributed by atoms with Gasteiger partial charge in [0, 0.05) is 13.3 Å². The quantitative estimate of drug-likeness (QED) is 0.365. The Labute approximate surface area is 47.1 Å². The van der Waals surface area contributed by atoms with Gasteiger partial charge in [0.15, 0.2) is 5.60 Å². The van der Waals surface area contributed by atoms with Crippen LogP contribution < -0.4 is 0 Å². The molecule has 42 valence electrons. The maximum atomic E-state index is 10.3. The molecule has 0 saturated heterocycles. The maximum absolute atomic E-state index is 10.3. The van der Waals surface area contributed by atoms with Crippen molar-refractivity contribution in [3.05, 3.63) is 11.6 Å². The zero-order valence-electron chi connectivity index (χ0n) is 4.60. The topological polar surface area (TPSA) is 26.3 Å². The fraction of sp³-hybridized carbons (Fsp3) is 0.500. The van der Waals surface area contributed by atoms with Gasteiger partial charge in [0.1, 0.15) is 0 Å². The van der Waals surface area contributed by atoms with Crippen LogP contribution in [0.1, 0.15) is 13.3 Å². The number of carbonyl (C=O) groups excluding carboxylic acids is 1. The second-order valence-corrected chi connectivity index (χ2v) is 2.33. The van der Waals surface area contributed by atoms with Gasteiger partial charge in [-0.1, -0.05) is 0 Å². The molecule has 0 heterocycles. The molecule has 2 heteroatoms. The first-order valence-electron chi connectivity index (χ1n) is 2.65. The van der Waals surface area contributed by atoms with E-state index in [0.717, 1.165) is 6.42 Å². The Morgan fingerprint density at radius 1 is 2.00 bits per heavy atom. The molecule has 0 aromatic carbocycles. The molecule has 0 spiro atoms. The van der Waals surface area contributed by atoms with Crippen LogP contribution in [0.3, 0.4) is 0 Å². The van der Waals surface area contributed by atoms with Gasteiger partial charge < -0.3 is 4.74 Å². The van der Waals surface area contributed by atoms with Crippen molar-refractivity contribution in [1.29, 1.82) is 0 Å². The number of rotatable bonds is 1.